The van der Waals surface area contributed by atoms with E-state index in [1.165, 1.54) is 0 Å². The lowest BCUT2D eigenvalue weighted by molar-refractivity contribution is 0.0940. The van der Waals surface area contributed by atoms with Crippen LogP contribution in [0.25, 0.3) is 11.3 Å². The molecule has 0 radical (unpaired) electrons. The molecule has 1 fully saturated rings. The monoisotopic (exact) mass is 405 g/mol. The molecule has 0 spiro atoms. The minimum Gasteiger partial charge on any atom is -0.497 e. The van der Waals surface area contributed by atoms with Gasteiger partial charge in [-0.1, -0.05) is 6.07 Å². The summed E-state index contributed by atoms with van der Waals surface area (Å²) in [7, 11) is 5.59. The highest BCUT2D eigenvalue weighted by Gasteiger charge is 2.26. The normalized spacial score (nSPS) is 15.8. The van der Waals surface area contributed by atoms with E-state index < -0.39 is 0 Å². The topological polar surface area (TPSA) is 73.5 Å². The summed E-state index contributed by atoms with van der Waals surface area (Å²) in [6.07, 6.45) is 0.893. The van der Waals surface area contributed by atoms with E-state index >= 15 is 0 Å². The minimum absolute atomic E-state index is 0.0356. The van der Waals surface area contributed by atoms with E-state index in [2.05, 4.69) is 20.4 Å². The summed E-state index contributed by atoms with van der Waals surface area (Å²) in [5.74, 6) is 1.69. The lowest BCUT2D eigenvalue weighted by Crippen LogP contribution is -2.37. The Morgan fingerprint density at radius 1 is 1.20 bits per heavy atom. The molecule has 4 rings (SSSR count). The molecule has 1 aliphatic heterocycles. The quantitative estimate of drug-likeness (QED) is 0.659. The van der Waals surface area contributed by atoms with Gasteiger partial charge in [-0.3, -0.25) is 9.89 Å². The van der Waals surface area contributed by atoms with Crippen molar-refractivity contribution in [3.63, 3.8) is 0 Å². The Hall–Kier alpha value is -3.48. The Bertz CT molecular complexity index is 1010. The number of amides is 1. The fraction of sp³-hybridized carbons (Fsp3) is 0.304. The summed E-state index contributed by atoms with van der Waals surface area (Å²) in [5.41, 5.74) is 3.71. The molecule has 7 heteroatoms. The molecule has 0 unspecified atom stereocenters. The second-order valence-electron chi connectivity index (χ2n) is 7.72. The highest BCUT2D eigenvalue weighted by atomic mass is 16.5. The molecule has 3 aromatic rings. The molecule has 2 aromatic carbocycles. The number of nitrogens with one attached hydrogen (secondary N) is 2. The predicted molar refractivity (Wildman–Crippen MR) is 119 cm³/mol. The van der Waals surface area contributed by atoms with Crippen molar-refractivity contribution in [1.82, 2.24) is 15.5 Å². The summed E-state index contributed by atoms with van der Waals surface area (Å²) < 4.78 is 5.21. The van der Waals surface area contributed by atoms with Crippen molar-refractivity contribution in [3.05, 3.63) is 60.2 Å². The van der Waals surface area contributed by atoms with Gasteiger partial charge in [0.1, 0.15) is 5.75 Å². The molecule has 0 bridgehead atoms. The number of H-pyrrole nitrogens is 1. The largest absolute Gasteiger partial charge is 0.497 e. The lowest BCUT2D eigenvalue weighted by atomic mass is 10.1. The molecule has 7 nitrogen and oxygen atoms in total. The van der Waals surface area contributed by atoms with Gasteiger partial charge in [0.15, 0.2) is 5.82 Å². The van der Waals surface area contributed by atoms with E-state index in [0.29, 0.717) is 5.56 Å². The fourth-order valence-electron chi connectivity index (χ4n) is 3.67. The number of benzene rings is 2. The summed E-state index contributed by atoms with van der Waals surface area (Å²) in [4.78, 5) is 16.9. The lowest BCUT2D eigenvalue weighted by Gasteiger charge is -2.17. The number of ether oxygens (including phenoxy) is 1. The molecule has 0 saturated carbocycles. The fourth-order valence-corrected chi connectivity index (χ4v) is 3.67. The summed E-state index contributed by atoms with van der Waals surface area (Å²) in [5, 5.41) is 10.7. The number of anilines is 2. The van der Waals surface area contributed by atoms with E-state index in [-0.39, 0.29) is 11.9 Å². The number of hydrogen-bond acceptors (Lipinski definition) is 5. The number of carbonyl (C=O) groups is 1. The van der Waals surface area contributed by atoms with Gasteiger partial charge < -0.3 is 19.9 Å². The van der Waals surface area contributed by atoms with Gasteiger partial charge in [-0.15, -0.1) is 0 Å². The van der Waals surface area contributed by atoms with Crippen LogP contribution < -0.4 is 19.9 Å². The van der Waals surface area contributed by atoms with Crippen LogP contribution in [0.15, 0.2) is 54.6 Å². The third-order valence-corrected chi connectivity index (χ3v) is 5.44. The molecule has 1 aliphatic rings. The zero-order valence-corrected chi connectivity index (χ0v) is 17.6. The molecule has 1 saturated heterocycles. The van der Waals surface area contributed by atoms with Gasteiger partial charge in [0, 0.05) is 50.5 Å². The van der Waals surface area contributed by atoms with Crippen LogP contribution in [0.2, 0.25) is 0 Å². The molecular weight excluding hydrogens is 378 g/mol. The molecule has 1 amide bonds. The van der Waals surface area contributed by atoms with Gasteiger partial charge in [0.25, 0.3) is 5.91 Å². The maximum atomic E-state index is 12.7. The van der Waals surface area contributed by atoms with Crippen molar-refractivity contribution in [2.75, 3.05) is 44.1 Å². The molecule has 2 heterocycles. The van der Waals surface area contributed by atoms with Crippen LogP contribution in [-0.2, 0) is 0 Å². The van der Waals surface area contributed by atoms with Crippen molar-refractivity contribution in [2.45, 2.75) is 12.5 Å². The van der Waals surface area contributed by atoms with E-state index in [4.69, 9.17) is 4.74 Å². The molecule has 1 aromatic heterocycles. The van der Waals surface area contributed by atoms with E-state index in [9.17, 15) is 4.79 Å². The Morgan fingerprint density at radius 2 is 2.00 bits per heavy atom. The Morgan fingerprint density at radius 3 is 2.73 bits per heavy atom. The third kappa shape index (κ3) is 4.25. The number of hydrogen-bond donors (Lipinski definition) is 2. The van der Waals surface area contributed by atoms with Gasteiger partial charge in [-0.05, 0) is 54.4 Å². The summed E-state index contributed by atoms with van der Waals surface area (Å²) in [6.45, 7) is 1.60. The molecule has 30 heavy (non-hydrogen) atoms. The molecular formula is C23H27N5O2. The van der Waals surface area contributed by atoms with Gasteiger partial charge in [-0.25, -0.2) is 0 Å². The van der Waals surface area contributed by atoms with Crippen LogP contribution in [0.5, 0.6) is 5.75 Å². The Balaban J connectivity index is 1.38. The number of nitrogens with zero attached hydrogens (tertiary/aromatic N) is 3. The molecule has 156 valence electrons. The van der Waals surface area contributed by atoms with Gasteiger partial charge >= 0.3 is 0 Å². The first-order chi connectivity index (χ1) is 14.5. The van der Waals surface area contributed by atoms with Gasteiger partial charge in [-0.2, -0.15) is 5.10 Å². The zero-order valence-electron chi connectivity index (χ0n) is 17.6. The number of aromatic nitrogens is 2. The van der Waals surface area contributed by atoms with Gasteiger partial charge in [0.05, 0.1) is 12.8 Å². The number of methoxy groups -OCH3 is 1. The van der Waals surface area contributed by atoms with Crippen LogP contribution in [0.4, 0.5) is 11.5 Å². The Labute approximate surface area is 176 Å². The summed E-state index contributed by atoms with van der Waals surface area (Å²) >= 11 is 0. The maximum Gasteiger partial charge on any atom is 0.251 e. The SMILES string of the molecule is COc1ccc(-c2cc(N3CC[C@@H](NC(=O)c4cccc(N(C)C)c4)C3)n[nH]2)cc1. The van der Waals surface area contributed by atoms with E-state index in [1.54, 1.807) is 7.11 Å². The predicted octanol–water partition coefficient (Wildman–Crippen LogP) is 3.16. The number of carbonyl (C=O) groups excluding carboxylic acids is 1. The van der Waals surface area contributed by atoms with E-state index in [0.717, 1.165) is 48.0 Å². The maximum absolute atomic E-state index is 12.7. The highest BCUT2D eigenvalue weighted by Crippen LogP contribution is 2.26. The van der Waals surface area contributed by atoms with Crippen molar-refractivity contribution in [1.29, 1.82) is 0 Å². The average Bonchev–Trinajstić information content (AvgIpc) is 3.43. The summed E-state index contributed by atoms with van der Waals surface area (Å²) in [6, 6.07) is 17.7. The first kappa shape index (κ1) is 19.8. The molecule has 1 atom stereocenters. The smallest absolute Gasteiger partial charge is 0.251 e. The van der Waals surface area contributed by atoms with Gasteiger partial charge in [0.2, 0.25) is 0 Å². The third-order valence-electron chi connectivity index (χ3n) is 5.44. The van der Waals surface area contributed by atoms with Crippen LogP contribution >= 0.6 is 0 Å². The standard InChI is InChI=1S/C23H27N5O2/c1-27(2)19-6-4-5-17(13-19)23(29)24-18-11-12-28(15-18)22-14-21(25-26-22)16-7-9-20(30-3)10-8-16/h4-10,13-14,18H,11-12,15H2,1-3H3,(H,24,29)(H,25,26)/t18-/m1/s1. The Kier molecular flexibility index (Phi) is 5.61. The van der Waals surface area contributed by atoms with Crippen molar-refractivity contribution in [2.24, 2.45) is 0 Å². The van der Waals surface area contributed by atoms with Crippen LogP contribution in [0.3, 0.4) is 0 Å². The van der Waals surface area contributed by atoms with Crippen LogP contribution in [0.1, 0.15) is 16.8 Å². The second kappa shape index (κ2) is 8.49. The first-order valence-electron chi connectivity index (χ1n) is 10.1. The molecule has 2 N–H and O–H groups in total. The number of rotatable bonds is 6. The highest BCUT2D eigenvalue weighted by molar-refractivity contribution is 5.95. The number of aromatic amines is 1. The van der Waals surface area contributed by atoms with Crippen LogP contribution in [-0.4, -0.2) is 56.4 Å². The van der Waals surface area contributed by atoms with Crippen LogP contribution in [0, 0.1) is 0 Å². The minimum atomic E-state index is -0.0356. The second-order valence-corrected chi connectivity index (χ2v) is 7.72. The average molecular weight is 406 g/mol. The van der Waals surface area contributed by atoms with Crippen molar-refractivity contribution in [3.8, 4) is 17.0 Å². The van der Waals surface area contributed by atoms with E-state index in [1.807, 2.05) is 73.6 Å². The first-order valence-corrected chi connectivity index (χ1v) is 10.1. The van der Waals surface area contributed by atoms with Crippen molar-refractivity contribution < 1.29 is 9.53 Å². The molecule has 0 aliphatic carbocycles. The van der Waals surface area contributed by atoms with Crippen molar-refractivity contribution >= 4 is 17.4 Å². The zero-order chi connectivity index (χ0) is 21.1.